The van der Waals surface area contributed by atoms with E-state index in [1.807, 2.05) is 32.0 Å². The zero-order valence-electron chi connectivity index (χ0n) is 12.2. The molecule has 6 heteroatoms. The molecule has 0 spiro atoms. The number of nitrogen functional groups attached to an aromatic ring is 1. The smallest absolute Gasteiger partial charge is 0.262 e. The molecule has 0 saturated carbocycles. The number of anilines is 2. The van der Waals surface area contributed by atoms with E-state index in [0.717, 1.165) is 20.1 Å². The average Bonchev–Trinajstić information content (AvgIpc) is 2.41. The van der Waals surface area contributed by atoms with Gasteiger partial charge in [0, 0.05) is 15.8 Å². The minimum Gasteiger partial charge on any atom is -0.482 e. The van der Waals surface area contributed by atoms with Crippen LogP contribution in [0.4, 0.5) is 11.4 Å². The van der Waals surface area contributed by atoms with Gasteiger partial charge in [0.2, 0.25) is 0 Å². The Bertz CT molecular complexity index is 694. The predicted octanol–water partition coefficient (Wildman–Crippen LogP) is 4.43. The van der Waals surface area contributed by atoms with Crippen molar-refractivity contribution in [3.63, 3.8) is 0 Å². The summed E-state index contributed by atoms with van der Waals surface area (Å²) in [6.07, 6.45) is 0. The molecule has 2 aromatic carbocycles. The van der Waals surface area contributed by atoms with Gasteiger partial charge in [-0.05, 0) is 65.2 Å². The summed E-state index contributed by atoms with van der Waals surface area (Å²) in [6, 6.07) is 9.20. The third kappa shape index (κ3) is 4.24. The van der Waals surface area contributed by atoms with Crippen LogP contribution in [0, 0.1) is 13.8 Å². The highest BCUT2D eigenvalue weighted by atomic mass is 79.9. The van der Waals surface area contributed by atoms with E-state index in [9.17, 15) is 4.79 Å². The second kappa shape index (κ2) is 7.15. The lowest BCUT2D eigenvalue weighted by molar-refractivity contribution is -0.118. The predicted molar refractivity (Wildman–Crippen MR) is 96.3 cm³/mol. The summed E-state index contributed by atoms with van der Waals surface area (Å²) in [5.74, 6) is 0.422. The molecule has 4 nitrogen and oxygen atoms in total. The van der Waals surface area contributed by atoms with Crippen molar-refractivity contribution < 1.29 is 9.53 Å². The van der Waals surface area contributed by atoms with Crippen LogP contribution in [0.5, 0.6) is 5.75 Å². The number of hydrogen-bond acceptors (Lipinski definition) is 3. The quantitative estimate of drug-likeness (QED) is 0.709. The Morgan fingerprint density at radius 3 is 2.59 bits per heavy atom. The van der Waals surface area contributed by atoms with Gasteiger partial charge in [0.1, 0.15) is 5.75 Å². The van der Waals surface area contributed by atoms with Crippen LogP contribution in [-0.4, -0.2) is 12.5 Å². The van der Waals surface area contributed by atoms with Crippen LogP contribution in [-0.2, 0) is 4.79 Å². The summed E-state index contributed by atoms with van der Waals surface area (Å²) in [5, 5.41) is 2.80. The highest BCUT2D eigenvalue weighted by Crippen LogP contribution is 2.32. The molecule has 0 atom stereocenters. The third-order valence-electron chi connectivity index (χ3n) is 3.08. The van der Waals surface area contributed by atoms with Crippen molar-refractivity contribution in [3.05, 3.63) is 50.4 Å². The first-order chi connectivity index (χ1) is 10.4. The van der Waals surface area contributed by atoms with Gasteiger partial charge in [-0.2, -0.15) is 0 Å². The largest absolute Gasteiger partial charge is 0.482 e. The highest BCUT2D eigenvalue weighted by Gasteiger charge is 2.10. The van der Waals surface area contributed by atoms with Gasteiger partial charge in [0.15, 0.2) is 6.61 Å². The number of benzene rings is 2. The molecule has 3 N–H and O–H groups in total. The Morgan fingerprint density at radius 1 is 1.18 bits per heavy atom. The molecule has 0 aliphatic carbocycles. The molecule has 2 aromatic rings. The Hall–Kier alpha value is -1.53. The molecule has 0 radical (unpaired) electrons. The fourth-order valence-corrected chi connectivity index (χ4v) is 3.52. The molecule has 0 unspecified atom stereocenters. The molecule has 0 aromatic heterocycles. The van der Waals surface area contributed by atoms with Crippen molar-refractivity contribution in [1.82, 2.24) is 0 Å². The molecule has 2 rings (SSSR count). The van der Waals surface area contributed by atoms with E-state index in [4.69, 9.17) is 10.5 Å². The fourth-order valence-electron chi connectivity index (χ4n) is 1.97. The van der Waals surface area contributed by atoms with E-state index in [1.165, 1.54) is 0 Å². The molecular formula is C16H16Br2N2O2. The van der Waals surface area contributed by atoms with Crippen LogP contribution < -0.4 is 15.8 Å². The first kappa shape index (κ1) is 16.8. The second-order valence-electron chi connectivity index (χ2n) is 4.94. The second-order valence-corrected chi connectivity index (χ2v) is 6.71. The number of carbonyl (C=O) groups excluding carboxylic acids is 1. The number of amides is 1. The first-order valence-corrected chi connectivity index (χ1v) is 8.20. The lowest BCUT2D eigenvalue weighted by atomic mass is 10.2. The molecule has 22 heavy (non-hydrogen) atoms. The minimum absolute atomic E-state index is 0.0741. The van der Waals surface area contributed by atoms with Crippen LogP contribution in [0.2, 0.25) is 0 Å². The molecule has 0 heterocycles. The fraction of sp³-hybridized carbons (Fsp3) is 0.188. The molecule has 0 saturated heterocycles. The van der Waals surface area contributed by atoms with E-state index in [2.05, 4.69) is 37.2 Å². The summed E-state index contributed by atoms with van der Waals surface area (Å²) < 4.78 is 7.36. The number of nitrogens with one attached hydrogen (secondary N) is 1. The van der Waals surface area contributed by atoms with Crippen LogP contribution in [0.25, 0.3) is 0 Å². The molecule has 0 aliphatic heterocycles. The van der Waals surface area contributed by atoms with Gasteiger partial charge in [-0.1, -0.05) is 22.0 Å². The summed E-state index contributed by atoms with van der Waals surface area (Å²) in [7, 11) is 0. The van der Waals surface area contributed by atoms with E-state index in [1.54, 1.807) is 12.1 Å². The number of halogens is 2. The molecule has 1 amide bonds. The van der Waals surface area contributed by atoms with Crippen molar-refractivity contribution in [3.8, 4) is 5.75 Å². The van der Waals surface area contributed by atoms with E-state index < -0.39 is 0 Å². The number of rotatable bonds is 4. The third-order valence-corrected chi connectivity index (χ3v) is 4.12. The normalized spacial score (nSPS) is 10.4. The van der Waals surface area contributed by atoms with E-state index in [-0.39, 0.29) is 12.5 Å². The number of hydrogen-bond donors (Lipinski definition) is 2. The highest BCUT2D eigenvalue weighted by molar-refractivity contribution is 9.11. The lowest BCUT2D eigenvalue weighted by Gasteiger charge is -2.13. The minimum atomic E-state index is -0.233. The first-order valence-electron chi connectivity index (χ1n) is 6.61. The van der Waals surface area contributed by atoms with Gasteiger partial charge < -0.3 is 15.8 Å². The Kier molecular flexibility index (Phi) is 5.47. The average molecular weight is 428 g/mol. The summed E-state index contributed by atoms with van der Waals surface area (Å²) in [5.41, 5.74) is 8.92. The number of ether oxygens (including phenoxy) is 1. The molecule has 116 valence electrons. The van der Waals surface area contributed by atoms with Crippen molar-refractivity contribution >= 4 is 49.1 Å². The summed E-state index contributed by atoms with van der Waals surface area (Å²) in [6.45, 7) is 3.76. The summed E-state index contributed by atoms with van der Waals surface area (Å²) >= 11 is 6.84. The van der Waals surface area contributed by atoms with Crippen LogP contribution in [0.3, 0.4) is 0 Å². The maximum Gasteiger partial charge on any atom is 0.262 e. The number of carbonyl (C=O) groups is 1. The monoisotopic (exact) mass is 426 g/mol. The van der Waals surface area contributed by atoms with Gasteiger partial charge in [-0.15, -0.1) is 0 Å². The molecular weight excluding hydrogens is 412 g/mol. The maximum absolute atomic E-state index is 12.0. The standard InChI is InChI=1S/C16H16Br2N2O2/c1-9-3-4-12(19)7-14(9)20-15(21)8-22-16-10(2)5-11(17)6-13(16)18/h3-7H,8,19H2,1-2H3,(H,20,21). The number of aryl methyl sites for hydroxylation is 2. The zero-order chi connectivity index (χ0) is 16.3. The van der Waals surface area contributed by atoms with Gasteiger partial charge in [0.05, 0.1) is 4.47 Å². The van der Waals surface area contributed by atoms with Crippen molar-refractivity contribution in [2.75, 3.05) is 17.7 Å². The number of nitrogens with two attached hydrogens (primary N) is 1. The summed E-state index contributed by atoms with van der Waals surface area (Å²) in [4.78, 5) is 12.0. The topological polar surface area (TPSA) is 64.3 Å². The van der Waals surface area contributed by atoms with Gasteiger partial charge in [-0.25, -0.2) is 0 Å². The van der Waals surface area contributed by atoms with Crippen molar-refractivity contribution in [2.45, 2.75) is 13.8 Å². The molecule has 0 aliphatic rings. The van der Waals surface area contributed by atoms with Gasteiger partial charge >= 0.3 is 0 Å². The SMILES string of the molecule is Cc1ccc(N)cc1NC(=O)COc1c(C)cc(Br)cc1Br. The maximum atomic E-state index is 12.0. The zero-order valence-corrected chi connectivity index (χ0v) is 15.4. The van der Waals surface area contributed by atoms with Crippen LogP contribution in [0.15, 0.2) is 39.3 Å². The van der Waals surface area contributed by atoms with Crippen molar-refractivity contribution in [1.29, 1.82) is 0 Å². The Morgan fingerprint density at radius 2 is 1.91 bits per heavy atom. The van der Waals surface area contributed by atoms with E-state index in [0.29, 0.717) is 17.1 Å². The molecule has 0 fully saturated rings. The van der Waals surface area contributed by atoms with E-state index >= 15 is 0 Å². The van der Waals surface area contributed by atoms with Gasteiger partial charge in [-0.3, -0.25) is 4.79 Å². The Labute approximate surface area is 146 Å². The van der Waals surface area contributed by atoms with Crippen LogP contribution >= 0.6 is 31.9 Å². The molecule has 0 bridgehead atoms. The lowest BCUT2D eigenvalue weighted by Crippen LogP contribution is -2.21. The van der Waals surface area contributed by atoms with Crippen molar-refractivity contribution in [2.24, 2.45) is 0 Å². The van der Waals surface area contributed by atoms with Gasteiger partial charge in [0.25, 0.3) is 5.91 Å². The Balaban J connectivity index is 2.03. The van der Waals surface area contributed by atoms with Crippen LogP contribution in [0.1, 0.15) is 11.1 Å².